The predicted molar refractivity (Wildman–Crippen MR) is 133 cm³/mol. The second-order valence-corrected chi connectivity index (χ2v) is 8.02. The molecule has 0 aliphatic heterocycles. The molecule has 0 aliphatic rings. The van der Waals surface area contributed by atoms with Gasteiger partial charge in [0.1, 0.15) is 6.04 Å². The van der Waals surface area contributed by atoms with Crippen LogP contribution in [0.2, 0.25) is 0 Å². The molecule has 1 amide bonds. The molecular formula is C25H37N5O3. The number of carbonyl (C=O) groups excluding carboxylic acids is 1. The highest BCUT2D eigenvalue weighted by Crippen LogP contribution is 2.25. The highest BCUT2D eigenvalue weighted by atomic mass is 16.4. The van der Waals surface area contributed by atoms with Crippen molar-refractivity contribution in [2.75, 3.05) is 0 Å². The second-order valence-electron chi connectivity index (χ2n) is 8.02. The molecule has 2 rings (SSSR count). The standard InChI is InChI=1S/C20H25N5O3.C5H12/c1-13(2)18(20(27)28)25(12-26)11-14-7-9-15(10-8-14)16-5-3-4-6-17(16)19(23-21)24-22;1-3-5-4-2/h3-10,12-13,18H,11,21-22H2,1-2H3,(H,23,24)(H,27,28);3-5H2,1-2H3. The van der Waals surface area contributed by atoms with E-state index < -0.39 is 12.0 Å². The average molecular weight is 456 g/mol. The van der Waals surface area contributed by atoms with E-state index >= 15 is 0 Å². The molecule has 6 N–H and O–H groups in total. The summed E-state index contributed by atoms with van der Waals surface area (Å²) >= 11 is 0. The van der Waals surface area contributed by atoms with E-state index in [1.807, 2.05) is 48.5 Å². The van der Waals surface area contributed by atoms with Crippen molar-refractivity contribution in [2.24, 2.45) is 22.7 Å². The molecule has 33 heavy (non-hydrogen) atoms. The van der Waals surface area contributed by atoms with E-state index in [0.717, 1.165) is 22.3 Å². The first-order valence-electron chi connectivity index (χ1n) is 11.2. The Morgan fingerprint density at radius 2 is 1.73 bits per heavy atom. The lowest BCUT2D eigenvalue weighted by Crippen LogP contribution is -2.43. The van der Waals surface area contributed by atoms with Crippen molar-refractivity contribution in [1.29, 1.82) is 0 Å². The van der Waals surface area contributed by atoms with Crippen molar-refractivity contribution in [3.05, 3.63) is 59.7 Å². The molecule has 8 heteroatoms. The van der Waals surface area contributed by atoms with Gasteiger partial charge in [-0.15, -0.1) is 0 Å². The van der Waals surface area contributed by atoms with Crippen molar-refractivity contribution >= 4 is 18.2 Å². The maximum absolute atomic E-state index is 11.5. The van der Waals surface area contributed by atoms with Gasteiger partial charge in [0.05, 0.1) is 0 Å². The van der Waals surface area contributed by atoms with E-state index in [-0.39, 0.29) is 12.5 Å². The molecule has 0 bridgehead atoms. The summed E-state index contributed by atoms with van der Waals surface area (Å²) < 4.78 is 0. The Bertz CT molecular complexity index is 895. The van der Waals surface area contributed by atoms with Crippen LogP contribution in [0.15, 0.2) is 53.6 Å². The van der Waals surface area contributed by atoms with E-state index in [1.54, 1.807) is 13.8 Å². The van der Waals surface area contributed by atoms with Crippen molar-refractivity contribution < 1.29 is 14.7 Å². The molecule has 2 aromatic carbocycles. The number of carbonyl (C=O) groups is 2. The largest absolute Gasteiger partial charge is 0.480 e. The summed E-state index contributed by atoms with van der Waals surface area (Å²) in [5.74, 6) is 10.0. The van der Waals surface area contributed by atoms with Crippen LogP contribution in [0.5, 0.6) is 0 Å². The molecule has 1 atom stereocenters. The molecule has 0 saturated carbocycles. The number of benzene rings is 2. The number of hydrazone groups is 1. The third-order valence-corrected chi connectivity index (χ3v) is 5.16. The van der Waals surface area contributed by atoms with Gasteiger partial charge in [0, 0.05) is 12.1 Å². The summed E-state index contributed by atoms with van der Waals surface area (Å²) in [6, 6.07) is 14.2. The first kappa shape index (κ1) is 27.6. The summed E-state index contributed by atoms with van der Waals surface area (Å²) in [4.78, 5) is 24.2. The lowest BCUT2D eigenvalue weighted by molar-refractivity contribution is -0.148. The first-order chi connectivity index (χ1) is 15.8. The highest BCUT2D eigenvalue weighted by molar-refractivity contribution is 6.04. The van der Waals surface area contributed by atoms with Gasteiger partial charge in [-0.2, -0.15) is 5.10 Å². The summed E-state index contributed by atoms with van der Waals surface area (Å²) in [5, 5.41) is 13.1. The van der Waals surface area contributed by atoms with Crippen molar-refractivity contribution in [1.82, 2.24) is 10.3 Å². The number of hydrazine groups is 1. The number of hydrogen-bond acceptors (Lipinski definition) is 5. The third-order valence-electron chi connectivity index (χ3n) is 5.16. The van der Waals surface area contributed by atoms with Crippen LogP contribution in [0.4, 0.5) is 0 Å². The normalized spacial score (nSPS) is 11.9. The lowest BCUT2D eigenvalue weighted by Gasteiger charge is -2.28. The number of rotatable bonds is 10. The van der Waals surface area contributed by atoms with E-state index in [1.165, 1.54) is 24.2 Å². The van der Waals surface area contributed by atoms with Crippen molar-refractivity contribution in [3.63, 3.8) is 0 Å². The van der Waals surface area contributed by atoms with Crippen LogP contribution in [0.3, 0.4) is 0 Å². The van der Waals surface area contributed by atoms with Gasteiger partial charge in [-0.3, -0.25) is 4.79 Å². The topological polar surface area (TPSA) is 134 Å². The molecule has 0 radical (unpaired) electrons. The third kappa shape index (κ3) is 8.23. The summed E-state index contributed by atoms with van der Waals surface area (Å²) in [7, 11) is 0. The van der Waals surface area contributed by atoms with Gasteiger partial charge in [0.25, 0.3) is 0 Å². The number of carboxylic acids is 1. The Morgan fingerprint density at radius 3 is 2.15 bits per heavy atom. The maximum atomic E-state index is 11.5. The molecule has 1 unspecified atom stereocenters. The fraction of sp³-hybridized carbons (Fsp3) is 0.400. The maximum Gasteiger partial charge on any atom is 0.326 e. The van der Waals surface area contributed by atoms with Crippen LogP contribution >= 0.6 is 0 Å². The number of unbranched alkanes of at least 4 members (excludes halogenated alkanes) is 2. The number of amidine groups is 1. The van der Waals surface area contributed by atoms with Gasteiger partial charge in [-0.05, 0) is 22.6 Å². The molecule has 0 spiro atoms. The summed E-state index contributed by atoms with van der Waals surface area (Å²) in [6.07, 6.45) is 4.66. The van der Waals surface area contributed by atoms with Crippen LogP contribution < -0.4 is 17.1 Å². The van der Waals surface area contributed by atoms with E-state index in [0.29, 0.717) is 12.2 Å². The SMILES string of the molecule is CC(C)C(C(=O)O)N(C=O)Cc1ccc(-c2ccccc2/C(=N/N)NN)cc1.CCCCC. The number of amides is 1. The zero-order valence-corrected chi connectivity index (χ0v) is 20.0. The zero-order valence-electron chi connectivity index (χ0n) is 20.0. The van der Waals surface area contributed by atoms with Crippen LogP contribution in [-0.2, 0) is 16.1 Å². The van der Waals surface area contributed by atoms with Gasteiger partial charge in [-0.1, -0.05) is 95.5 Å². The molecule has 180 valence electrons. The fourth-order valence-corrected chi connectivity index (χ4v) is 3.49. The Balaban J connectivity index is 0.000000981. The average Bonchev–Trinajstić information content (AvgIpc) is 2.81. The smallest absolute Gasteiger partial charge is 0.326 e. The second kappa shape index (κ2) is 14.6. The van der Waals surface area contributed by atoms with Gasteiger partial charge >= 0.3 is 5.97 Å². The summed E-state index contributed by atoms with van der Waals surface area (Å²) in [6.45, 7) is 8.18. The molecule has 0 saturated heterocycles. The van der Waals surface area contributed by atoms with Gasteiger partial charge < -0.3 is 21.3 Å². The van der Waals surface area contributed by atoms with E-state index in [2.05, 4.69) is 24.4 Å². The lowest BCUT2D eigenvalue weighted by atomic mass is 9.97. The Labute approximate surface area is 196 Å². The van der Waals surface area contributed by atoms with E-state index in [4.69, 9.17) is 11.7 Å². The van der Waals surface area contributed by atoms with Crippen LogP contribution in [-0.4, -0.2) is 34.3 Å². The monoisotopic (exact) mass is 455 g/mol. The molecule has 0 heterocycles. The highest BCUT2D eigenvalue weighted by Gasteiger charge is 2.27. The Hall–Kier alpha value is -3.39. The number of nitrogens with zero attached hydrogens (tertiary/aromatic N) is 2. The molecule has 0 aliphatic carbocycles. The first-order valence-corrected chi connectivity index (χ1v) is 11.2. The number of nitrogens with two attached hydrogens (primary N) is 2. The number of hydrogen-bond donors (Lipinski definition) is 4. The van der Waals surface area contributed by atoms with Crippen LogP contribution in [0.25, 0.3) is 11.1 Å². The van der Waals surface area contributed by atoms with Gasteiger partial charge in [-0.25, -0.2) is 10.6 Å². The van der Waals surface area contributed by atoms with Gasteiger partial charge in [0.2, 0.25) is 6.41 Å². The minimum Gasteiger partial charge on any atom is -0.480 e. The number of aliphatic carboxylic acids is 1. The van der Waals surface area contributed by atoms with Crippen molar-refractivity contribution in [2.45, 2.75) is 59.5 Å². The molecule has 0 aromatic heterocycles. The fourth-order valence-electron chi connectivity index (χ4n) is 3.49. The van der Waals surface area contributed by atoms with E-state index in [9.17, 15) is 14.7 Å². The summed E-state index contributed by atoms with van der Waals surface area (Å²) in [5.41, 5.74) is 5.85. The zero-order chi connectivity index (χ0) is 24.8. The molecular weight excluding hydrogens is 418 g/mol. The Morgan fingerprint density at radius 1 is 1.12 bits per heavy atom. The minimum absolute atomic E-state index is 0.202. The quantitative estimate of drug-likeness (QED) is 0.142. The number of carboxylic acid groups (broad SMARTS) is 1. The van der Waals surface area contributed by atoms with Crippen LogP contribution in [0.1, 0.15) is 58.1 Å². The minimum atomic E-state index is -1.02. The Kier molecular flexibility index (Phi) is 12.3. The molecule has 8 nitrogen and oxygen atoms in total. The van der Waals surface area contributed by atoms with Crippen LogP contribution in [0, 0.1) is 5.92 Å². The van der Waals surface area contributed by atoms with Gasteiger partial charge in [0.15, 0.2) is 5.84 Å². The van der Waals surface area contributed by atoms with Crippen molar-refractivity contribution in [3.8, 4) is 11.1 Å². The number of nitrogens with one attached hydrogen (secondary N) is 1. The molecule has 0 fully saturated rings. The predicted octanol–water partition coefficient (Wildman–Crippen LogP) is 3.70. The molecule has 2 aromatic rings.